The summed E-state index contributed by atoms with van der Waals surface area (Å²) in [6, 6.07) is 23.1. The maximum absolute atomic E-state index is 13.5. The monoisotopic (exact) mass is 467 g/mol. The van der Waals surface area contributed by atoms with Crippen molar-refractivity contribution >= 4 is 35.0 Å². The Hall–Kier alpha value is -4.26. The molecule has 7 nitrogen and oxygen atoms in total. The fourth-order valence-electron chi connectivity index (χ4n) is 5.17. The smallest absolute Gasteiger partial charge is 0.262 e. The quantitative estimate of drug-likeness (QED) is 0.539. The molecule has 0 radical (unpaired) electrons. The van der Waals surface area contributed by atoms with E-state index in [0.29, 0.717) is 23.2 Å². The number of para-hydroxylation sites is 2. The molecule has 0 fully saturated rings. The van der Waals surface area contributed by atoms with E-state index in [0.717, 1.165) is 16.2 Å². The molecule has 3 aromatic rings. The number of imide groups is 1. The van der Waals surface area contributed by atoms with E-state index in [9.17, 15) is 19.2 Å². The molecule has 0 saturated carbocycles. The van der Waals surface area contributed by atoms with Gasteiger partial charge in [-0.3, -0.25) is 24.1 Å². The van der Waals surface area contributed by atoms with Crippen LogP contribution in [0.5, 0.6) is 0 Å². The number of benzene rings is 3. The van der Waals surface area contributed by atoms with E-state index >= 15 is 0 Å². The van der Waals surface area contributed by atoms with Crippen LogP contribution >= 0.6 is 0 Å². The number of hydrogen-bond donors (Lipinski definition) is 0. The Morgan fingerprint density at radius 3 is 2.06 bits per heavy atom. The molecule has 176 valence electrons. The van der Waals surface area contributed by atoms with Crippen LogP contribution in [0, 0.1) is 0 Å². The van der Waals surface area contributed by atoms with Crippen molar-refractivity contribution in [3.63, 3.8) is 0 Å². The Balaban J connectivity index is 1.47. The Bertz CT molecular complexity index is 1300. The van der Waals surface area contributed by atoms with E-state index in [-0.39, 0.29) is 30.4 Å². The Morgan fingerprint density at radius 1 is 0.857 bits per heavy atom. The van der Waals surface area contributed by atoms with Crippen molar-refractivity contribution < 1.29 is 19.2 Å². The molecule has 0 bridgehead atoms. The molecule has 3 aromatic carbocycles. The van der Waals surface area contributed by atoms with Crippen LogP contribution in [0.15, 0.2) is 78.9 Å². The summed E-state index contributed by atoms with van der Waals surface area (Å²) in [4.78, 5) is 56.4. The van der Waals surface area contributed by atoms with Gasteiger partial charge in [0, 0.05) is 24.3 Å². The van der Waals surface area contributed by atoms with Gasteiger partial charge in [-0.2, -0.15) is 0 Å². The van der Waals surface area contributed by atoms with Crippen molar-refractivity contribution in [3.05, 3.63) is 95.6 Å². The van der Waals surface area contributed by atoms with Gasteiger partial charge in [-0.1, -0.05) is 48.5 Å². The van der Waals surface area contributed by atoms with Crippen molar-refractivity contribution in [2.45, 2.75) is 32.4 Å². The molecule has 0 aromatic heterocycles. The van der Waals surface area contributed by atoms with Crippen LogP contribution in [-0.4, -0.2) is 41.1 Å². The molecule has 4 amide bonds. The summed E-state index contributed by atoms with van der Waals surface area (Å²) in [5.74, 6) is -1.34. The van der Waals surface area contributed by atoms with Gasteiger partial charge >= 0.3 is 0 Å². The lowest BCUT2D eigenvalue weighted by molar-refractivity contribution is -0.119. The third kappa shape index (κ3) is 3.79. The third-order valence-corrected chi connectivity index (χ3v) is 6.69. The predicted octanol–water partition coefficient (Wildman–Crippen LogP) is 4.20. The number of nitrogens with zero attached hydrogens (tertiary/aromatic N) is 3. The average Bonchev–Trinajstić information content (AvgIpc) is 3.09. The number of carbonyl (C=O) groups excluding carboxylic acids is 4. The first kappa shape index (κ1) is 22.5. The van der Waals surface area contributed by atoms with Gasteiger partial charge in [-0.05, 0) is 49.2 Å². The van der Waals surface area contributed by atoms with Crippen molar-refractivity contribution in [1.82, 2.24) is 4.90 Å². The maximum atomic E-state index is 13.5. The standard InChI is InChI=1S/C28H25N3O4/c1-18-16-25(31(19(2)32)20-10-4-3-5-11-20)23-14-8-9-15-24(23)30(18)26(33)17-29-27(34)21-12-6-7-13-22(21)28(29)35/h3-15,18,25H,16-17H2,1-2H3/t18-,25+/m1/s1. The van der Waals surface area contributed by atoms with E-state index in [4.69, 9.17) is 0 Å². The summed E-state index contributed by atoms with van der Waals surface area (Å²) >= 11 is 0. The Morgan fingerprint density at radius 2 is 1.43 bits per heavy atom. The van der Waals surface area contributed by atoms with Crippen LogP contribution in [0.1, 0.15) is 52.6 Å². The largest absolute Gasteiger partial charge is 0.308 e. The molecule has 0 aliphatic carbocycles. The lowest BCUT2D eigenvalue weighted by Gasteiger charge is -2.43. The first-order valence-corrected chi connectivity index (χ1v) is 11.6. The molecule has 7 heteroatoms. The van der Waals surface area contributed by atoms with Gasteiger partial charge in [0.25, 0.3) is 11.8 Å². The molecule has 2 aliphatic rings. The number of hydrogen-bond acceptors (Lipinski definition) is 4. The number of amides is 4. The average molecular weight is 468 g/mol. The summed E-state index contributed by atoms with van der Waals surface area (Å²) in [7, 11) is 0. The van der Waals surface area contributed by atoms with E-state index in [1.165, 1.54) is 0 Å². The maximum Gasteiger partial charge on any atom is 0.262 e. The van der Waals surface area contributed by atoms with Crippen LogP contribution < -0.4 is 9.80 Å². The third-order valence-electron chi connectivity index (χ3n) is 6.69. The molecule has 2 heterocycles. The molecule has 2 aliphatic heterocycles. The van der Waals surface area contributed by atoms with Crippen molar-refractivity contribution in [3.8, 4) is 0 Å². The molecule has 0 N–H and O–H groups in total. The minimum atomic E-state index is -0.457. The fraction of sp³-hybridized carbons (Fsp3) is 0.214. The van der Waals surface area contributed by atoms with Crippen molar-refractivity contribution in [2.24, 2.45) is 0 Å². The number of anilines is 2. The van der Waals surface area contributed by atoms with E-state index in [2.05, 4.69) is 0 Å². The lowest BCUT2D eigenvalue weighted by Crippen LogP contribution is -2.51. The van der Waals surface area contributed by atoms with Gasteiger partial charge in [-0.25, -0.2) is 0 Å². The van der Waals surface area contributed by atoms with Gasteiger partial charge < -0.3 is 9.80 Å². The van der Waals surface area contributed by atoms with E-state index in [1.807, 2.05) is 61.5 Å². The summed E-state index contributed by atoms with van der Waals surface area (Å²) in [5, 5.41) is 0. The van der Waals surface area contributed by atoms with E-state index < -0.39 is 11.8 Å². The summed E-state index contributed by atoms with van der Waals surface area (Å²) in [6.07, 6.45) is 0.513. The molecular weight excluding hydrogens is 442 g/mol. The molecule has 5 rings (SSSR count). The highest BCUT2D eigenvalue weighted by molar-refractivity contribution is 6.22. The highest BCUT2D eigenvalue weighted by atomic mass is 16.2. The molecule has 35 heavy (non-hydrogen) atoms. The molecule has 0 unspecified atom stereocenters. The van der Waals surface area contributed by atoms with Crippen LogP contribution in [-0.2, 0) is 9.59 Å². The second-order valence-corrected chi connectivity index (χ2v) is 8.89. The van der Waals surface area contributed by atoms with Gasteiger partial charge in [0.05, 0.1) is 17.2 Å². The number of fused-ring (bicyclic) bond motifs is 2. The second-order valence-electron chi connectivity index (χ2n) is 8.89. The lowest BCUT2D eigenvalue weighted by atomic mass is 9.89. The first-order valence-electron chi connectivity index (χ1n) is 11.6. The van der Waals surface area contributed by atoms with Crippen molar-refractivity contribution in [1.29, 1.82) is 0 Å². The second kappa shape index (κ2) is 8.83. The predicted molar refractivity (Wildman–Crippen MR) is 132 cm³/mol. The van der Waals surface area contributed by atoms with Gasteiger partial charge in [0.15, 0.2) is 0 Å². The molecular formula is C28H25N3O4. The summed E-state index contributed by atoms with van der Waals surface area (Å²) in [6.45, 7) is 3.12. The fourth-order valence-corrected chi connectivity index (χ4v) is 5.17. The topological polar surface area (TPSA) is 78.0 Å². The summed E-state index contributed by atoms with van der Waals surface area (Å²) < 4.78 is 0. The molecule has 0 spiro atoms. The zero-order valence-corrected chi connectivity index (χ0v) is 19.5. The van der Waals surface area contributed by atoms with Crippen LogP contribution in [0.25, 0.3) is 0 Å². The molecule has 0 saturated heterocycles. The highest BCUT2D eigenvalue weighted by Crippen LogP contribution is 2.42. The zero-order chi connectivity index (χ0) is 24.7. The Kier molecular flexibility index (Phi) is 5.68. The van der Waals surface area contributed by atoms with Crippen LogP contribution in [0.2, 0.25) is 0 Å². The first-order chi connectivity index (χ1) is 16.9. The number of rotatable bonds is 4. The summed E-state index contributed by atoms with van der Waals surface area (Å²) in [5.41, 5.74) is 2.95. The zero-order valence-electron chi connectivity index (χ0n) is 19.5. The number of carbonyl (C=O) groups is 4. The SMILES string of the molecule is CC(=O)N(c1ccccc1)[C@H]1C[C@@H](C)N(C(=O)CN2C(=O)c3ccccc3C2=O)c2ccccc21. The van der Waals surface area contributed by atoms with E-state index in [1.54, 1.807) is 41.0 Å². The van der Waals surface area contributed by atoms with Crippen LogP contribution in [0.3, 0.4) is 0 Å². The van der Waals surface area contributed by atoms with Gasteiger partial charge in [0.2, 0.25) is 11.8 Å². The van der Waals surface area contributed by atoms with Crippen LogP contribution in [0.4, 0.5) is 11.4 Å². The Labute approximate surface area is 203 Å². The highest BCUT2D eigenvalue weighted by Gasteiger charge is 2.41. The van der Waals surface area contributed by atoms with Gasteiger partial charge in [-0.15, -0.1) is 0 Å². The van der Waals surface area contributed by atoms with Crippen molar-refractivity contribution in [2.75, 3.05) is 16.3 Å². The minimum Gasteiger partial charge on any atom is -0.308 e. The van der Waals surface area contributed by atoms with Gasteiger partial charge in [0.1, 0.15) is 6.54 Å². The molecule has 2 atom stereocenters. The normalized spacial score (nSPS) is 18.8. The minimum absolute atomic E-state index is 0.0889.